The van der Waals surface area contributed by atoms with Crippen molar-refractivity contribution in [2.24, 2.45) is 10.4 Å². The number of guanidine groups is 1. The minimum atomic E-state index is 0.365. The Morgan fingerprint density at radius 2 is 2.08 bits per heavy atom. The Morgan fingerprint density at radius 1 is 1.29 bits per heavy atom. The van der Waals surface area contributed by atoms with Gasteiger partial charge in [0.25, 0.3) is 0 Å². The second kappa shape index (κ2) is 7.43. The molecule has 132 valence electrons. The Labute approximate surface area is 145 Å². The molecule has 0 saturated carbocycles. The van der Waals surface area contributed by atoms with Crippen molar-refractivity contribution in [3.05, 3.63) is 29.8 Å². The van der Waals surface area contributed by atoms with Crippen LogP contribution in [0.15, 0.2) is 29.3 Å². The Morgan fingerprint density at radius 3 is 2.71 bits per heavy atom. The summed E-state index contributed by atoms with van der Waals surface area (Å²) < 4.78 is 5.64. The van der Waals surface area contributed by atoms with E-state index in [0.29, 0.717) is 5.41 Å². The molecule has 0 aromatic heterocycles. The lowest BCUT2D eigenvalue weighted by atomic mass is 9.87. The first kappa shape index (κ1) is 17.1. The highest BCUT2D eigenvalue weighted by Crippen LogP contribution is 2.38. The van der Waals surface area contributed by atoms with Gasteiger partial charge in [0.05, 0.1) is 13.2 Å². The average Bonchev–Trinajstić information content (AvgIpc) is 3.22. The van der Waals surface area contributed by atoms with Gasteiger partial charge < -0.3 is 19.9 Å². The van der Waals surface area contributed by atoms with Crippen LogP contribution >= 0.6 is 0 Å². The molecule has 1 aromatic rings. The monoisotopic (exact) mass is 330 g/mol. The molecule has 0 amide bonds. The van der Waals surface area contributed by atoms with Crippen molar-refractivity contribution < 1.29 is 4.74 Å². The van der Waals surface area contributed by atoms with Gasteiger partial charge in [-0.1, -0.05) is 12.1 Å². The molecule has 2 aliphatic rings. The van der Waals surface area contributed by atoms with Gasteiger partial charge in [-0.15, -0.1) is 0 Å². The number of rotatable bonds is 4. The number of benzene rings is 1. The van der Waals surface area contributed by atoms with Crippen molar-refractivity contribution in [3.63, 3.8) is 0 Å². The first-order valence-electron chi connectivity index (χ1n) is 8.99. The predicted molar refractivity (Wildman–Crippen MR) is 99.6 cm³/mol. The fraction of sp³-hybridized carbons (Fsp3) is 0.632. The summed E-state index contributed by atoms with van der Waals surface area (Å²) in [5, 5.41) is 3.46. The molecule has 2 heterocycles. The standard InChI is InChI=1S/C19H30N4O/c1-4-20-18(23-11-9-19(14-23)10-12-24-15-19)21-13-16-5-7-17(8-6-16)22(2)3/h5-8H,4,9-15H2,1-3H3,(H,20,21). The number of ether oxygens (including phenoxy) is 1. The van der Waals surface area contributed by atoms with Crippen LogP contribution in [0.4, 0.5) is 5.69 Å². The zero-order chi connectivity index (χ0) is 17.0. The Bertz CT molecular complexity index is 561. The third-order valence-corrected chi connectivity index (χ3v) is 5.12. The summed E-state index contributed by atoms with van der Waals surface area (Å²) in [6.45, 7) is 7.72. The van der Waals surface area contributed by atoms with E-state index in [-0.39, 0.29) is 0 Å². The first-order valence-corrected chi connectivity index (χ1v) is 8.99. The highest BCUT2D eigenvalue weighted by atomic mass is 16.5. The van der Waals surface area contributed by atoms with Crippen LogP contribution in [0.5, 0.6) is 0 Å². The van der Waals surface area contributed by atoms with E-state index in [1.165, 1.54) is 24.1 Å². The number of nitrogens with one attached hydrogen (secondary N) is 1. The maximum atomic E-state index is 5.64. The van der Waals surface area contributed by atoms with Gasteiger partial charge in [-0.2, -0.15) is 0 Å². The van der Waals surface area contributed by atoms with E-state index in [9.17, 15) is 0 Å². The molecule has 5 nitrogen and oxygen atoms in total. The van der Waals surface area contributed by atoms with Crippen LogP contribution in [0.1, 0.15) is 25.3 Å². The fourth-order valence-electron chi connectivity index (χ4n) is 3.58. The second-order valence-corrected chi connectivity index (χ2v) is 7.21. The number of aliphatic imine (C=N–C) groups is 1. The van der Waals surface area contributed by atoms with Crippen LogP contribution in [0, 0.1) is 5.41 Å². The summed E-state index contributed by atoms with van der Waals surface area (Å²) in [7, 11) is 4.12. The SMILES string of the molecule is CCNC(=NCc1ccc(N(C)C)cc1)N1CCC2(CCOC2)C1. The van der Waals surface area contributed by atoms with E-state index >= 15 is 0 Å². The summed E-state index contributed by atoms with van der Waals surface area (Å²) in [6.07, 6.45) is 2.41. The van der Waals surface area contributed by atoms with Gasteiger partial charge in [0.1, 0.15) is 0 Å². The molecule has 1 unspecified atom stereocenters. The van der Waals surface area contributed by atoms with E-state index in [1.54, 1.807) is 0 Å². The quantitative estimate of drug-likeness (QED) is 0.679. The highest BCUT2D eigenvalue weighted by molar-refractivity contribution is 5.80. The molecule has 1 N–H and O–H groups in total. The molecular weight excluding hydrogens is 300 g/mol. The molecular formula is C19H30N4O. The molecule has 0 radical (unpaired) electrons. The van der Waals surface area contributed by atoms with Gasteiger partial charge in [-0.05, 0) is 37.5 Å². The van der Waals surface area contributed by atoms with Crippen LogP contribution in [0.3, 0.4) is 0 Å². The Hall–Kier alpha value is -1.75. The molecule has 1 aromatic carbocycles. The summed E-state index contributed by atoms with van der Waals surface area (Å²) in [5.74, 6) is 1.04. The van der Waals surface area contributed by atoms with E-state index in [0.717, 1.165) is 45.4 Å². The normalized spacial score (nSPS) is 24.0. The van der Waals surface area contributed by atoms with Gasteiger partial charge in [0, 0.05) is 51.4 Å². The minimum absolute atomic E-state index is 0.365. The van der Waals surface area contributed by atoms with Crippen molar-refractivity contribution >= 4 is 11.6 Å². The Kier molecular flexibility index (Phi) is 5.29. The van der Waals surface area contributed by atoms with Gasteiger partial charge in [-0.25, -0.2) is 4.99 Å². The van der Waals surface area contributed by atoms with Crippen LogP contribution in [0.25, 0.3) is 0 Å². The number of nitrogens with zero attached hydrogens (tertiary/aromatic N) is 3. The van der Waals surface area contributed by atoms with Crippen molar-refractivity contribution in [2.75, 3.05) is 51.8 Å². The summed E-state index contributed by atoms with van der Waals surface area (Å²) in [6, 6.07) is 8.63. The number of likely N-dealkylation sites (tertiary alicyclic amines) is 1. The molecule has 1 atom stereocenters. The lowest BCUT2D eigenvalue weighted by Gasteiger charge is -2.25. The van der Waals surface area contributed by atoms with Gasteiger partial charge in [-0.3, -0.25) is 0 Å². The lowest BCUT2D eigenvalue weighted by molar-refractivity contribution is 0.156. The molecule has 0 aliphatic carbocycles. The fourth-order valence-corrected chi connectivity index (χ4v) is 3.58. The largest absolute Gasteiger partial charge is 0.381 e. The van der Waals surface area contributed by atoms with Crippen LogP contribution < -0.4 is 10.2 Å². The van der Waals surface area contributed by atoms with Gasteiger partial charge in [0.2, 0.25) is 0 Å². The van der Waals surface area contributed by atoms with E-state index in [2.05, 4.69) is 60.4 Å². The number of hydrogen-bond acceptors (Lipinski definition) is 3. The van der Waals surface area contributed by atoms with Crippen molar-refractivity contribution in [1.82, 2.24) is 10.2 Å². The molecule has 2 saturated heterocycles. The second-order valence-electron chi connectivity index (χ2n) is 7.21. The number of anilines is 1. The summed E-state index contributed by atoms with van der Waals surface area (Å²) in [5.41, 5.74) is 2.83. The molecule has 5 heteroatoms. The van der Waals surface area contributed by atoms with E-state index < -0.39 is 0 Å². The lowest BCUT2D eigenvalue weighted by Crippen LogP contribution is -2.41. The van der Waals surface area contributed by atoms with Gasteiger partial charge in [0.15, 0.2) is 5.96 Å². The molecule has 2 fully saturated rings. The molecule has 3 rings (SSSR count). The highest BCUT2D eigenvalue weighted by Gasteiger charge is 2.42. The molecule has 2 aliphatic heterocycles. The first-order chi connectivity index (χ1) is 11.6. The zero-order valence-corrected chi connectivity index (χ0v) is 15.2. The topological polar surface area (TPSA) is 40.1 Å². The van der Waals surface area contributed by atoms with Gasteiger partial charge >= 0.3 is 0 Å². The number of hydrogen-bond donors (Lipinski definition) is 1. The average molecular weight is 330 g/mol. The van der Waals surface area contributed by atoms with Crippen molar-refractivity contribution in [3.8, 4) is 0 Å². The molecule has 0 bridgehead atoms. The summed E-state index contributed by atoms with van der Waals surface area (Å²) in [4.78, 5) is 9.40. The maximum absolute atomic E-state index is 5.64. The third kappa shape index (κ3) is 3.83. The van der Waals surface area contributed by atoms with E-state index in [4.69, 9.17) is 9.73 Å². The maximum Gasteiger partial charge on any atom is 0.194 e. The summed E-state index contributed by atoms with van der Waals surface area (Å²) >= 11 is 0. The smallest absolute Gasteiger partial charge is 0.194 e. The third-order valence-electron chi connectivity index (χ3n) is 5.12. The Balaban J connectivity index is 1.65. The molecule has 1 spiro atoms. The van der Waals surface area contributed by atoms with Crippen molar-refractivity contribution in [2.45, 2.75) is 26.3 Å². The van der Waals surface area contributed by atoms with Crippen LogP contribution in [0.2, 0.25) is 0 Å². The predicted octanol–water partition coefficient (Wildman–Crippen LogP) is 2.33. The molecule has 24 heavy (non-hydrogen) atoms. The van der Waals surface area contributed by atoms with Crippen LogP contribution in [-0.4, -0.2) is 57.8 Å². The zero-order valence-electron chi connectivity index (χ0n) is 15.2. The van der Waals surface area contributed by atoms with Crippen LogP contribution in [-0.2, 0) is 11.3 Å². The minimum Gasteiger partial charge on any atom is -0.381 e. The van der Waals surface area contributed by atoms with E-state index in [1.807, 2.05) is 0 Å². The van der Waals surface area contributed by atoms with Crippen molar-refractivity contribution in [1.29, 1.82) is 0 Å².